The first-order chi connectivity index (χ1) is 11.7. The lowest BCUT2D eigenvalue weighted by Crippen LogP contribution is -2.69. The highest BCUT2D eigenvalue weighted by atomic mass is 127. The molecule has 1 aliphatic rings. The first-order valence-corrected chi connectivity index (χ1v) is 9.40. The number of nitrogens with one attached hydrogen (secondary N) is 2. The Labute approximate surface area is 177 Å². The van der Waals surface area contributed by atoms with Gasteiger partial charge in [0.15, 0.2) is 5.96 Å². The van der Waals surface area contributed by atoms with Gasteiger partial charge in [0.2, 0.25) is 5.91 Å². The first kappa shape index (κ1) is 23.2. The minimum atomic E-state index is -0.150. The largest absolute Gasteiger partial charge is 0.378 e. The minimum Gasteiger partial charge on any atom is -0.378 e. The number of carbonyl (C=O) groups is 1. The summed E-state index contributed by atoms with van der Waals surface area (Å²) in [5.41, 5.74) is -0.179. The van der Waals surface area contributed by atoms with Gasteiger partial charge in [0.1, 0.15) is 6.54 Å². The molecule has 0 spiro atoms. The Hall–Kier alpha value is -0.870. The lowest BCUT2D eigenvalue weighted by atomic mass is 9.56. The molecule has 0 radical (unpaired) electrons. The van der Waals surface area contributed by atoms with Crippen LogP contribution in [0.15, 0.2) is 22.5 Å². The van der Waals surface area contributed by atoms with Gasteiger partial charge in [-0.3, -0.25) is 4.79 Å². The molecule has 2 atom stereocenters. The van der Waals surface area contributed by atoms with E-state index >= 15 is 0 Å². The molecule has 2 unspecified atom stereocenters. The Morgan fingerprint density at radius 3 is 2.62 bits per heavy atom. The Kier molecular flexibility index (Phi) is 8.34. The fraction of sp³-hybridized carbons (Fsp3) is 0.667. The van der Waals surface area contributed by atoms with Gasteiger partial charge in [-0.1, -0.05) is 19.9 Å². The summed E-state index contributed by atoms with van der Waals surface area (Å²) in [7, 11) is 5.24. The van der Waals surface area contributed by atoms with Crippen LogP contribution < -0.4 is 10.6 Å². The quantitative estimate of drug-likeness (QED) is 0.363. The maximum Gasteiger partial charge on any atom is 0.243 e. The van der Waals surface area contributed by atoms with E-state index < -0.39 is 0 Å². The number of aliphatic imine (C=N–C) groups is 1. The van der Waals surface area contributed by atoms with Crippen molar-refractivity contribution in [1.29, 1.82) is 0 Å². The molecule has 1 fully saturated rings. The summed E-state index contributed by atoms with van der Waals surface area (Å²) in [5.74, 6) is 0.645. The topological polar surface area (TPSA) is 66.0 Å². The highest BCUT2D eigenvalue weighted by molar-refractivity contribution is 14.0. The average molecular weight is 494 g/mol. The number of amides is 1. The summed E-state index contributed by atoms with van der Waals surface area (Å²) in [6.07, 6.45) is 0.901. The van der Waals surface area contributed by atoms with Crippen LogP contribution >= 0.6 is 35.3 Å². The predicted octanol–water partition coefficient (Wildman–Crippen LogP) is 2.69. The zero-order chi connectivity index (χ0) is 18.7. The maximum absolute atomic E-state index is 11.9. The number of thiophene rings is 1. The zero-order valence-corrected chi connectivity index (χ0v) is 19.6. The third-order valence-electron chi connectivity index (χ3n) is 5.47. The normalized spacial score (nSPS) is 24.2. The van der Waals surface area contributed by atoms with E-state index in [2.05, 4.69) is 47.8 Å². The van der Waals surface area contributed by atoms with Gasteiger partial charge in [-0.15, -0.1) is 35.3 Å². The number of carbonyl (C=O) groups excluding carboxylic acids is 1. The predicted molar refractivity (Wildman–Crippen MR) is 118 cm³/mol. The Morgan fingerprint density at radius 1 is 1.42 bits per heavy atom. The van der Waals surface area contributed by atoms with Crippen LogP contribution in [0.5, 0.6) is 0 Å². The van der Waals surface area contributed by atoms with Gasteiger partial charge in [0, 0.05) is 37.5 Å². The third kappa shape index (κ3) is 5.10. The standard InChI is InChI=1S/C18H30N4O2S.HI/c1-17(2)14(10-18(17,3)24-6)21-16(20-12-15(23)22(4)5)19-11-13-8-7-9-25-13;/h7-9,14H,10-12H2,1-6H3,(H2,19,20,21);1H. The average Bonchev–Trinajstić information content (AvgIpc) is 3.09. The Bertz CT molecular complexity index is 619. The van der Waals surface area contributed by atoms with Crippen LogP contribution in [0.2, 0.25) is 0 Å². The number of hydrogen-bond donors (Lipinski definition) is 2. The van der Waals surface area contributed by atoms with Crippen LogP contribution in [0, 0.1) is 5.41 Å². The molecular weight excluding hydrogens is 463 g/mol. The molecule has 1 heterocycles. The number of likely N-dealkylation sites (N-methyl/N-ethyl adjacent to an activating group) is 1. The number of halogens is 1. The summed E-state index contributed by atoms with van der Waals surface area (Å²) < 4.78 is 5.69. The molecule has 1 aromatic heterocycles. The number of methoxy groups -OCH3 is 1. The molecule has 8 heteroatoms. The molecule has 0 saturated heterocycles. The number of guanidine groups is 1. The minimum absolute atomic E-state index is 0. The van der Waals surface area contributed by atoms with E-state index in [1.807, 2.05) is 6.07 Å². The van der Waals surface area contributed by atoms with E-state index in [1.165, 1.54) is 4.88 Å². The van der Waals surface area contributed by atoms with Crippen molar-refractivity contribution in [3.8, 4) is 0 Å². The molecule has 1 amide bonds. The summed E-state index contributed by atoms with van der Waals surface area (Å²) >= 11 is 1.70. The molecule has 1 aromatic rings. The fourth-order valence-electron chi connectivity index (χ4n) is 2.91. The van der Waals surface area contributed by atoms with Crippen LogP contribution in [0.25, 0.3) is 0 Å². The van der Waals surface area contributed by atoms with Gasteiger partial charge in [0.25, 0.3) is 0 Å². The van der Waals surface area contributed by atoms with E-state index in [0.717, 1.165) is 6.42 Å². The van der Waals surface area contributed by atoms with Crippen LogP contribution in [0.4, 0.5) is 0 Å². The van der Waals surface area contributed by atoms with Gasteiger partial charge >= 0.3 is 0 Å². The van der Waals surface area contributed by atoms with Gasteiger partial charge < -0.3 is 20.3 Å². The van der Waals surface area contributed by atoms with Crippen molar-refractivity contribution in [2.45, 2.75) is 45.4 Å². The number of nitrogens with zero attached hydrogens (tertiary/aromatic N) is 2. The Morgan fingerprint density at radius 2 is 2.12 bits per heavy atom. The van der Waals surface area contributed by atoms with Crippen molar-refractivity contribution in [2.24, 2.45) is 10.4 Å². The number of rotatable bonds is 6. The second-order valence-corrected chi connectivity index (χ2v) is 8.48. The molecular formula is C18H31IN4O2S. The summed E-state index contributed by atoms with van der Waals surface area (Å²) in [5, 5.41) is 8.87. The van der Waals surface area contributed by atoms with Crippen molar-refractivity contribution in [2.75, 3.05) is 27.7 Å². The molecule has 2 rings (SSSR count). The van der Waals surface area contributed by atoms with E-state index in [0.29, 0.717) is 12.5 Å². The number of hydrogen-bond acceptors (Lipinski definition) is 4. The van der Waals surface area contributed by atoms with E-state index in [-0.39, 0.29) is 53.5 Å². The number of ether oxygens (including phenoxy) is 1. The van der Waals surface area contributed by atoms with Crippen molar-refractivity contribution >= 4 is 47.2 Å². The highest BCUT2D eigenvalue weighted by Gasteiger charge is 2.58. The maximum atomic E-state index is 11.9. The highest BCUT2D eigenvalue weighted by Crippen LogP contribution is 2.51. The molecule has 26 heavy (non-hydrogen) atoms. The smallest absolute Gasteiger partial charge is 0.243 e. The summed E-state index contributed by atoms with van der Waals surface area (Å²) in [4.78, 5) is 19.1. The van der Waals surface area contributed by atoms with Crippen molar-refractivity contribution in [1.82, 2.24) is 15.5 Å². The SMILES string of the molecule is COC1(C)CC(NC(=NCC(=O)N(C)C)NCc2cccs2)C1(C)C.I. The molecule has 2 N–H and O–H groups in total. The second kappa shape index (κ2) is 9.36. The van der Waals surface area contributed by atoms with Crippen LogP contribution in [0.3, 0.4) is 0 Å². The molecule has 6 nitrogen and oxygen atoms in total. The molecule has 1 aliphatic carbocycles. The van der Waals surface area contributed by atoms with E-state index in [1.54, 1.807) is 37.4 Å². The van der Waals surface area contributed by atoms with Gasteiger partial charge in [0.05, 0.1) is 12.1 Å². The molecule has 0 bridgehead atoms. The molecule has 0 aromatic carbocycles. The van der Waals surface area contributed by atoms with Crippen molar-refractivity contribution < 1.29 is 9.53 Å². The van der Waals surface area contributed by atoms with E-state index in [9.17, 15) is 4.79 Å². The summed E-state index contributed by atoms with van der Waals surface area (Å²) in [6.45, 7) is 7.34. The summed E-state index contributed by atoms with van der Waals surface area (Å²) in [6, 6.07) is 4.34. The van der Waals surface area contributed by atoms with Crippen molar-refractivity contribution in [3.63, 3.8) is 0 Å². The zero-order valence-electron chi connectivity index (χ0n) is 16.5. The third-order valence-corrected chi connectivity index (χ3v) is 6.35. The lowest BCUT2D eigenvalue weighted by molar-refractivity contribution is -0.176. The molecule has 148 valence electrons. The van der Waals surface area contributed by atoms with Gasteiger partial charge in [-0.25, -0.2) is 4.99 Å². The van der Waals surface area contributed by atoms with Gasteiger partial charge in [-0.2, -0.15) is 0 Å². The fourth-order valence-corrected chi connectivity index (χ4v) is 3.56. The van der Waals surface area contributed by atoms with Crippen LogP contribution in [0.1, 0.15) is 32.1 Å². The van der Waals surface area contributed by atoms with Crippen LogP contribution in [-0.2, 0) is 16.1 Å². The first-order valence-electron chi connectivity index (χ1n) is 8.52. The van der Waals surface area contributed by atoms with Gasteiger partial charge in [-0.05, 0) is 24.8 Å². The molecule has 1 saturated carbocycles. The second-order valence-electron chi connectivity index (χ2n) is 7.44. The van der Waals surface area contributed by atoms with E-state index in [4.69, 9.17) is 4.74 Å². The molecule has 0 aliphatic heterocycles. The monoisotopic (exact) mass is 494 g/mol. The van der Waals surface area contributed by atoms with Crippen molar-refractivity contribution in [3.05, 3.63) is 22.4 Å². The Balaban J connectivity index is 0.00000338. The van der Waals surface area contributed by atoms with Crippen LogP contribution in [-0.4, -0.2) is 56.2 Å². The lowest BCUT2D eigenvalue weighted by Gasteiger charge is -2.59.